The second-order valence-electron chi connectivity index (χ2n) is 7.78. The van der Waals surface area contributed by atoms with Crippen LogP contribution in [0.4, 0.5) is 5.69 Å². The third kappa shape index (κ3) is 3.94. The van der Waals surface area contributed by atoms with Gasteiger partial charge < -0.3 is 5.32 Å². The van der Waals surface area contributed by atoms with Crippen molar-refractivity contribution in [2.75, 3.05) is 18.4 Å². The number of hydrogen-bond donors (Lipinski definition) is 1. The van der Waals surface area contributed by atoms with Crippen LogP contribution in [0.3, 0.4) is 0 Å². The number of fused-ring (bicyclic) bond motifs is 2. The molecule has 3 aromatic carbocycles. The Morgan fingerprint density at radius 2 is 1.87 bits per heavy atom. The summed E-state index contributed by atoms with van der Waals surface area (Å²) in [5.41, 5.74) is 0.701. The van der Waals surface area contributed by atoms with E-state index in [0.29, 0.717) is 25.1 Å². The second kappa shape index (κ2) is 8.03. The zero-order chi connectivity index (χ0) is 21.4. The normalized spacial score (nSPS) is 17.7. The molecule has 0 spiro atoms. The van der Waals surface area contributed by atoms with Gasteiger partial charge in [-0.2, -0.15) is 8.68 Å². The maximum atomic E-state index is 13.3. The molecule has 31 heavy (non-hydrogen) atoms. The lowest BCUT2D eigenvalue weighted by Gasteiger charge is -2.31. The minimum absolute atomic E-state index is 0.152. The van der Waals surface area contributed by atoms with Crippen LogP contribution in [0.25, 0.3) is 20.9 Å². The second-order valence-corrected chi connectivity index (χ2v) is 10.5. The Balaban J connectivity index is 1.34. The molecule has 0 unspecified atom stereocenters. The van der Waals surface area contributed by atoms with E-state index >= 15 is 0 Å². The zero-order valence-corrected chi connectivity index (χ0v) is 18.3. The number of carbonyl (C=O) groups excluding carboxylic acids is 1. The van der Waals surface area contributed by atoms with E-state index in [1.54, 1.807) is 18.3 Å². The van der Waals surface area contributed by atoms with Crippen molar-refractivity contribution in [2.45, 2.75) is 17.7 Å². The standard InChI is InChI=1S/C23H21N3O3S2/c27-23(25-20-8-10-22-19(12-20)14-24-30-22)18-6-3-11-26(15-18)31(28,29)21-9-7-16-4-1-2-5-17(16)13-21/h1-2,4-5,7-10,12-14,18H,3,6,11,15H2,(H,25,27)/t18-/m0/s1. The number of amides is 1. The fourth-order valence-corrected chi connectivity index (χ4v) is 6.23. The molecule has 5 rings (SSSR count). The highest BCUT2D eigenvalue weighted by Gasteiger charge is 2.33. The summed E-state index contributed by atoms with van der Waals surface area (Å²) in [5, 5.41) is 5.80. The van der Waals surface area contributed by atoms with Gasteiger partial charge in [0.25, 0.3) is 0 Å². The first-order chi connectivity index (χ1) is 15.0. The Bertz CT molecular complexity index is 1380. The summed E-state index contributed by atoms with van der Waals surface area (Å²) in [4.78, 5) is 13.1. The average molecular weight is 452 g/mol. The number of benzene rings is 3. The van der Waals surface area contributed by atoms with Gasteiger partial charge in [-0.15, -0.1) is 0 Å². The molecule has 1 aliphatic heterocycles. The maximum absolute atomic E-state index is 13.3. The fraction of sp³-hybridized carbons (Fsp3) is 0.217. The number of hydrogen-bond acceptors (Lipinski definition) is 5. The fourth-order valence-electron chi connectivity index (χ4n) is 4.05. The minimum atomic E-state index is -3.67. The molecule has 2 heterocycles. The molecule has 1 N–H and O–H groups in total. The average Bonchev–Trinajstić information content (AvgIpc) is 3.27. The number of piperidine rings is 1. The van der Waals surface area contributed by atoms with Gasteiger partial charge >= 0.3 is 0 Å². The lowest BCUT2D eigenvalue weighted by Crippen LogP contribution is -2.43. The number of sulfonamides is 1. The van der Waals surface area contributed by atoms with Crippen molar-refractivity contribution >= 4 is 54.0 Å². The molecule has 1 saturated heterocycles. The molecule has 1 atom stereocenters. The van der Waals surface area contributed by atoms with E-state index in [1.807, 2.05) is 48.5 Å². The maximum Gasteiger partial charge on any atom is 0.243 e. The van der Waals surface area contributed by atoms with E-state index in [-0.39, 0.29) is 23.3 Å². The molecule has 0 bridgehead atoms. The van der Waals surface area contributed by atoms with Gasteiger partial charge in [-0.05, 0) is 65.5 Å². The lowest BCUT2D eigenvalue weighted by atomic mass is 9.98. The molecule has 158 valence electrons. The van der Waals surface area contributed by atoms with Gasteiger partial charge in [0.2, 0.25) is 15.9 Å². The van der Waals surface area contributed by atoms with E-state index in [4.69, 9.17) is 0 Å². The Morgan fingerprint density at radius 3 is 2.74 bits per heavy atom. The minimum Gasteiger partial charge on any atom is -0.326 e. The topological polar surface area (TPSA) is 79.4 Å². The number of carbonyl (C=O) groups is 1. The quantitative estimate of drug-likeness (QED) is 0.496. The van der Waals surface area contributed by atoms with Gasteiger partial charge in [0.15, 0.2) is 0 Å². The Kier molecular flexibility index (Phi) is 5.21. The predicted octanol–water partition coefficient (Wildman–Crippen LogP) is 4.49. The van der Waals surface area contributed by atoms with Crippen molar-refractivity contribution in [1.29, 1.82) is 0 Å². The number of aromatic nitrogens is 1. The third-order valence-electron chi connectivity index (χ3n) is 5.73. The van der Waals surface area contributed by atoms with Crippen LogP contribution in [0.2, 0.25) is 0 Å². The summed E-state index contributed by atoms with van der Waals surface area (Å²) in [6.45, 7) is 0.606. The molecule has 1 aromatic heterocycles. The largest absolute Gasteiger partial charge is 0.326 e. The summed E-state index contributed by atoms with van der Waals surface area (Å²) in [6, 6.07) is 18.5. The Hall–Kier alpha value is -2.81. The van der Waals surface area contributed by atoms with E-state index in [0.717, 1.165) is 20.9 Å². The van der Waals surface area contributed by atoms with Crippen LogP contribution in [-0.2, 0) is 14.8 Å². The molecule has 0 aliphatic carbocycles. The van der Waals surface area contributed by atoms with E-state index < -0.39 is 10.0 Å². The van der Waals surface area contributed by atoms with E-state index in [1.165, 1.54) is 15.8 Å². The molecule has 4 aromatic rings. The molecular weight excluding hydrogens is 430 g/mol. The van der Waals surface area contributed by atoms with Gasteiger partial charge in [-0.25, -0.2) is 8.42 Å². The summed E-state index contributed by atoms with van der Waals surface area (Å²) >= 11 is 1.41. The summed E-state index contributed by atoms with van der Waals surface area (Å²) < 4.78 is 33.2. The smallest absolute Gasteiger partial charge is 0.243 e. The molecular formula is C23H21N3O3S2. The SMILES string of the molecule is O=C(Nc1ccc2sncc2c1)[C@H]1CCCN(S(=O)(=O)c2ccc3ccccc3c2)C1. The van der Waals surface area contributed by atoms with Crippen LogP contribution in [0, 0.1) is 5.92 Å². The van der Waals surface area contributed by atoms with Crippen LogP contribution in [0.1, 0.15) is 12.8 Å². The van der Waals surface area contributed by atoms with Gasteiger partial charge in [0.1, 0.15) is 0 Å². The molecule has 6 nitrogen and oxygen atoms in total. The molecule has 0 radical (unpaired) electrons. The van der Waals surface area contributed by atoms with Crippen molar-refractivity contribution in [3.8, 4) is 0 Å². The number of nitrogens with zero attached hydrogens (tertiary/aromatic N) is 2. The molecule has 1 amide bonds. The molecule has 0 saturated carbocycles. The monoisotopic (exact) mass is 451 g/mol. The van der Waals surface area contributed by atoms with Gasteiger partial charge in [-0.3, -0.25) is 4.79 Å². The third-order valence-corrected chi connectivity index (χ3v) is 8.37. The number of nitrogens with one attached hydrogen (secondary N) is 1. The molecule has 1 aliphatic rings. The Labute approximate surface area is 184 Å². The van der Waals surface area contributed by atoms with Gasteiger partial charge in [0, 0.05) is 30.4 Å². The van der Waals surface area contributed by atoms with Gasteiger partial charge in [0.05, 0.1) is 15.5 Å². The van der Waals surface area contributed by atoms with Crippen molar-refractivity contribution < 1.29 is 13.2 Å². The summed E-state index contributed by atoms with van der Waals surface area (Å²) in [5.74, 6) is -0.541. The highest BCUT2D eigenvalue weighted by Crippen LogP contribution is 2.28. The highest BCUT2D eigenvalue weighted by atomic mass is 32.2. The summed E-state index contributed by atoms with van der Waals surface area (Å²) in [7, 11) is -3.67. The number of anilines is 1. The van der Waals surface area contributed by atoms with Crippen LogP contribution in [0.5, 0.6) is 0 Å². The Morgan fingerprint density at radius 1 is 1.03 bits per heavy atom. The zero-order valence-electron chi connectivity index (χ0n) is 16.7. The van der Waals surface area contributed by atoms with Crippen molar-refractivity contribution in [1.82, 2.24) is 8.68 Å². The first-order valence-corrected chi connectivity index (χ1v) is 12.4. The van der Waals surface area contributed by atoms with Crippen molar-refractivity contribution in [2.24, 2.45) is 5.92 Å². The van der Waals surface area contributed by atoms with Crippen LogP contribution in [0.15, 0.2) is 71.8 Å². The van der Waals surface area contributed by atoms with Crippen LogP contribution >= 0.6 is 11.5 Å². The van der Waals surface area contributed by atoms with E-state index in [2.05, 4.69) is 9.69 Å². The lowest BCUT2D eigenvalue weighted by molar-refractivity contribution is -0.120. The van der Waals surface area contributed by atoms with Crippen molar-refractivity contribution in [3.05, 3.63) is 66.9 Å². The molecule has 8 heteroatoms. The van der Waals surface area contributed by atoms with Gasteiger partial charge in [-0.1, -0.05) is 30.3 Å². The molecule has 1 fully saturated rings. The van der Waals surface area contributed by atoms with Crippen LogP contribution in [-0.4, -0.2) is 36.1 Å². The van der Waals surface area contributed by atoms with E-state index in [9.17, 15) is 13.2 Å². The predicted molar refractivity (Wildman–Crippen MR) is 124 cm³/mol. The first-order valence-electron chi connectivity index (χ1n) is 10.1. The number of rotatable bonds is 4. The van der Waals surface area contributed by atoms with Crippen LogP contribution < -0.4 is 5.32 Å². The first kappa shape index (κ1) is 20.1. The summed E-state index contributed by atoms with van der Waals surface area (Å²) in [6.07, 6.45) is 3.09. The highest BCUT2D eigenvalue weighted by molar-refractivity contribution is 7.89. The van der Waals surface area contributed by atoms with Crippen molar-refractivity contribution in [3.63, 3.8) is 0 Å².